The van der Waals surface area contributed by atoms with Gasteiger partial charge in [-0.25, -0.2) is 4.39 Å². The Kier molecular flexibility index (Phi) is 3.39. The molecule has 0 spiro atoms. The third kappa shape index (κ3) is 2.26. The van der Waals surface area contributed by atoms with E-state index in [2.05, 4.69) is 4.74 Å². The number of hydrogen-bond acceptors (Lipinski definition) is 2. The van der Waals surface area contributed by atoms with E-state index < -0.39 is 5.82 Å². The van der Waals surface area contributed by atoms with Crippen molar-refractivity contribution >= 4 is 17.4 Å². The van der Waals surface area contributed by atoms with Crippen molar-refractivity contribution < 1.29 is 13.9 Å². The number of hydrogen-bond donors (Lipinski definition) is 0. The molecule has 0 N–H and O–H groups in total. The van der Waals surface area contributed by atoms with Crippen molar-refractivity contribution in [1.82, 2.24) is 0 Å². The van der Waals surface area contributed by atoms with Crippen LogP contribution in [0.2, 0.25) is 5.02 Å². The van der Waals surface area contributed by atoms with E-state index in [4.69, 9.17) is 11.6 Å². The second-order valence-corrected chi connectivity index (χ2v) is 2.84. The summed E-state index contributed by atoms with van der Waals surface area (Å²) >= 11 is 5.57. The van der Waals surface area contributed by atoms with Crippen molar-refractivity contribution in [3.05, 3.63) is 34.6 Å². The van der Waals surface area contributed by atoms with E-state index >= 15 is 0 Å². The molecule has 0 fully saturated rings. The largest absolute Gasteiger partial charge is 0.377 e. The van der Waals surface area contributed by atoms with Gasteiger partial charge in [-0.2, -0.15) is 0 Å². The highest BCUT2D eigenvalue weighted by Gasteiger charge is 2.12. The monoisotopic (exact) mass is 202 g/mol. The van der Waals surface area contributed by atoms with Crippen molar-refractivity contribution in [3.8, 4) is 0 Å². The molecule has 1 aromatic rings. The number of ketones is 1. The van der Waals surface area contributed by atoms with Gasteiger partial charge < -0.3 is 4.74 Å². The molecule has 0 radical (unpaired) electrons. The van der Waals surface area contributed by atoms with Crippen molar-refractivity contribution in [2.75, 3.05) is 13.7 Å². The first-order valence-electron chi connectivity index (χ1n) is 3.63. The predicted molar refractivity (Wildman–Crippen MR) is 47.6 cm³/mol. The average molecular weight is 203 g/mol. The second-order valence-electron chi connectivity index (χ2n) is 2.46. The third-order valence-corrected chi connectivity index (χ3v) is 1.91. The van der Waals surface area contributed by atoms with E-state index in [0.29, 0.717) is 0 Å². The smallest absolute Gasteiger partial charge is 0.190 e. The number of methoxy groups -OCH3 is 1. The molecule has 0 bridgehead atoms. The number of benzene rings is 1. The minimum absolute atomic E-state index is 0.0941. The summed E-state index contributed by atoms with van der Waals surface area (Å²) < 4.78 is 17.5. The summed E-state index contributed by atoms with van der Waals surface area (Å²) in [5, 5.41) is -0.149. The summed E-state index contributed by atoms with van der Waals surface area (Å²) in [6, 6.07) is 4.10. The summed E-state index contributed by atoms with van der Waals surface area (Å²) in [5.41, 5.74) is 0.156. The highest BCUT2D eigenvalue weighted by Crippen LogP contribution is 2.19. The Morgan fingerprint density at radius 1 is 1.62 bits per heavy atom. The van der Waals surface area contributed by atoms with Crippen LogP contribution < -0.4 is 0 Å². The third-order valence-electron chi connectivity index (χ3n) is 1.53. The number of carbonyl (C=O) groups is 1. The topological polar surface area (TPSA) is 26.3 Å². The molecule has 0 saturated heterocycles. The molecule has 4 heteroatoms. The van der Waals surface area contributed by atoms with Gasteiger partial charge in [-0.3, -0.25) is 4.79 Å². The lowest BCUT2D eigenvalue weighted by Gasteiger charge is -2.02. The Bertz CT molecular complexity index is 325. The highest BCUT2D eigenvalue weighted by atomic mass is 35.5. The molecular formula is C9H8ClFO2. The number of ether oxygens (including phenoxy) is 1. The number of halogens is 2. The molecule has 0 unspecified atom stereocenters. The molecule has 1 aromatic carbocycles. The number of Topliss-reactive ketones (excluding diaryl/α,β-unsaturated/α-hetero) is 1. The molecule has 0 aliphatic carbocycles. The van der Waals surface area contributed by atoms with E-state index in [0.717, 1.165) is 0 Å². The second kappa shape index (κ2) is 4.35. The zero-order valence-corrected chi connectivity index (χ0v) is 7.77. The van der Waals surface area contributed by atoms with Crippen molar-refractivity contribution in [2.24, 2.45) is 0 Å². The van der Waals surface area contributed by atoms with Crippen LogP contribution in [0.1, 0.15) is 10.4 Å². The molecule has 0 aliphatic rings. The fourth-order valence-electron chi connectivity index (χ4n) is 0.928. The molecule has 0 heterocycles. The van der Waals surface area contributed by atoms with Crippen LogP contribution in [0.5, 0.6) is 0 Å². The maximum absolute atomic E-state index is 12.9. The van der Waals surface area contributed by atoms with E-state index in [9.17, 15) is 9.18 Å². The molecule has 2 nitrogen and oxygen atoms in total. The SMILES string of the molecule is COCC(=O)c1cccc(F)c1Cl. The van der Waals surface area contributed by atoms with Gasteiger partial charge in [-0.05, 0) is 12.1 Å². The van der Waals surface area contributed by atoms with E-state index in [1.54, 1.807) is 0 Å². The molecule has 0 saturated carbocycles. The van der Waals surface area contributed by atoms with Crippen LogP contribution in [0.25, 0.3) is 0 Å². The summed E-state index contributed by atoms with van der Waals surface area (Å²) in [5.74, 6) is -0.921. The molecule has 0 aromatic heterocycles. The van der Waals surface area contributed by atoms with Crippen molar-refractivity contribution in [3.63, 3.8) is 0 Å². The van der Waals surface area contributed by atoms with Gasteiger partial charge in [0, 0.05) is 12.7 Å². The molecule has 0 atom stereocenters. The van der Waals surface area contributed by atoms with Crippen LogP contribution in [-0.2, 0) is 4.74 Å². The van der Waals surface area contributed by atoms with Crippen LogP contribution in [0.15, 0.2) is 18.2 Å². The summed E-state index contributed by atoms with van der Waals surface area (Å²) in [6.07, 6.45) is 0. The zero-order valence-electron chi connectivity index (χ0n) is 7.01. The minimum Gasteiger partial charge on any atom is -0.377 e. The predicted octanol–water partition coefficient (Wildman–Crippen LogP) is 2.31. The van der Waals surface area contributed by atoms with Gasteiger partial charge in [0.2, 0.25) is 0 Å². The number of carbonyl (C=O) groups excluding carboxylic acids is 1. The van der Waals surface area contributed by atoms with Gasteiger partial charge in [-0.1, -0.05) is 17.7 Å². The van der Waals surface area contributed by atoms with Gasteiger partial charge in [0.1, 0.15) is 12.4 Å². The van der Waals surface area contributed by atoms with Gasteiger partial charge in [0.25, 0.3) is 0 Å². The normalized spacial score (nSPS) is 10.1. The van der Waals surface area contributed by atoms with Gasteiger partial charge in [0.05, 0.1) is 5.02 Å². The van der Waals surface area contributed by atoms with E-state index in [1.807, 2.05) is 0 Å². The fraction of sp³-hybridized carbons (Fsp3) is 0.222. The Balaban J connectivity index is 3.01. The molecule has 1 rings (SSSR count). The van der Waals surface area contributed by atoms with Crippen LogP contribution in [0.4, 0.5) is 4.39 Å². The van der Waals surface area contributed by atoms with E-state index in [1.165, 1.54) is 25.3 Å². The zero-order chi connectivity index (χ0) is 9.84. The highest BCUT2D eigenvalue weighted by molar-refractivity contribution is 6.34. The van der Waals surface area contributed by atoms with Crippen LogP contribution >= 0.6 is 11.6 Å². The van der Waals surface area contributed by atoms with Gasteiger partial charge in [-0.15, -0.1) is 0 Å². The van der Waals surface area contributed by atoms with Gasteiger partial charge in [0.15, 0.2) is 5.78 Å². The summed E-state index contributed by atoms with van der Waals surface area (Å²) in [4.78, 5) is 11.2. The van der Waals surface area contributed by atoms with Crippen LogP contribution in [0.3, 0.4) is 0 Å². The maximum Gasteiger partial charge on any atom is 0.190 e. The summed E-state index contributed by atoms with van der Waals surface area (Å²) in [7, 11) is 1.39. The molecule has 0 amide bonds. The molecule has 0 aliphatic heterocycles. The van der Waals surface area contributed by atoms with Gasteiger partial charge >= 0.3 is 0 Å². The fourth-order valence-corrected chi connectivity index (χ4v) is 1.16. The quantitative estimate of drug-likeness (QED) is 0.704. The molecular weight excluding hydrogens is 195 g/mol. The van der Waals surface area contributed by atoms with Crippen molar-refractivity contribution in [2.45, 2.75) is 0 Å². The number of rotatable bonds is 3. The summed E-state index contributed by atoms with van der Waals surface area (Å²) in [6.45, 7) is -0.0941. The van der Waals surface area contributed by atoms with E-state index in [-0.39, 0.29) is 23.0 Å². The lowest BCUT2D eigenvalue weighted by molar-refractivity contribution is 0.0848. The Morgan fingerprint density at radius 3 is 2.92 bits per heavy atom. The first kappa shape index (κ1) is 10.2. The first-order valence-corrected chi connectivity index (χ1v) is 4.00. The molecule has 70 valence electrons. The van der Waals surface area contributed by atoms with Crippen molar-refractivity contribution in [1.29, 1.82) is 0 Å². The lowest BCUT2D eigenvalue weighted by atomic mass is 10.1. The minimum atomic E-state index is -0.594. The lowest BCUT2D eigenvalue weighted by Crippen LogP contribution is -2.08. The van der Waals surface area contributed by atoms with Crippen LogP contribution in [0, 0.1) is 5.82 Å². The Morgan fingerprint density at radius 2 is 2.31 bits per heavy atom. The Labute approximate surface area is 80.3 Å². The van der Waals surface area contributed by atoms with Crippen LogP contribution in [-0.4, -0.2) is 19.5 Å². The Hall–Kier alpha value is -0.930. The average Bonchev–Trinajstić information content (AvgIpc) is 2.10. The maximum atomic E-state index is 12.9. The first-order chi connectivity index (χ1) is 6.16. The molecule has 13 heavy (non-hydrogen) atoms. The standard InChI is InChI=1S/C9H8ClFO2/c1-13-5-8(12)6-3-2-4-7(11)9(6)10/h2-4H,5H2,1H3.